The van der Waals surface area contributed by atoms with Crippen molar-refractivity contribution >= 4 is 11.6 Å². The minimum absolute atomic E-state index is 0.171. The maximum atomic E-state index is 14.5. The van der Waals surface area contributed by atoms with Crippen molar-refractivity contribution in [2.45, 2.75) is 26.2 Å². The molecule has 1 fully saturated rings. The summed E-state index contributed by atoms with van der Waals surface area (Å²) in [5, 5.41) is 2.93. The van der Waals surface area contributed by atoms with Gasteiger partial charge in [0, 0.05) is 41.6 Å². The van der Waals surface area contributed by atoms with Gasteiger partial charge in [0.15, 0.2) is 0 Å². The summed E-state index contributed by atoms with van der Waals surface area (Å²) in [5.74, 6) is 0.455. The number of carbonyl (C=O) groups excluding carboxylic acids is 1. The Morgan fingerprint density at radius 2 is 1.87 bits per heavy atom. The van der Waals surface area contributed by atoms with Crippen molar-refractivity contribution in [3.63, 3.8) is 0 Å². The molecule has 1 aliphatic heterocycles. The Balaban J connectivity index is 1.70. The highest BCUT2D eigenvalue weighted by atomic mass is 19.1. The predicted molar refractivity (Wildman–Crippen MR) is 112 cm³/mol. The van der Waals surface area contributed by atoms with Gasteiger partial charge in [0.25, 0.3) is 5.91 Å². The SMILES string of the molecule is CC(C)c1ncc(C(=O)Nc2c(-c3ccccc3F)ccnc2CC2COC2)cn1. The molecule has 0 aliphatic carbocycles. The summed E-state index contributed by atoms with van der Waals surface area (Å²) in [6.45, 7) is 5.29. The minimum Gasteiger partial charge on any atom is -0.381 e. The number of amides is 1. The minimum atomic E-state index is -0.359. The average Bonchev–Trinajstić information content (AvgIpc) is 2.72. The third-order valence-electron chi connectivity index (χ3n) is 5.07. The van der Waals surface area contributed by atoms with Gasteiger partial charge < -0.3 is 10.1 Å². The molecule has 0 bridgehead atoms. The number of hydrogen-bond donors (Lipinski definition) is 1. The molecule has 3 heterocycles. The van der Waals surface area contributed by atoms with Crippen LogP contribution >= 0.6 is 0 Å². The molecule has 1 aliphatic rings. The Kier molecular flexibility index (Phi) is 5.81. The third-order valence-corrected chi connectivity index (χ3v) is 5.07. The lowest BCUT2D eigenvalue weighted by Gasteiger charge is -2.26. The number of aromatic nitrogens is 3. The Hall–Kier alpha value is -3.19. The molecule has 0 atom stereocenters. The predicted octanol–water partition coefficient (Wildman–Crippen LogP) is 4.24. The maximum absolute atomic E-state index is 14.5. The van der Waals surface area contributed by atoms with Crippen LogP contribution < -0.4 is 5.32 Å². The van der Waals surface area contributed by atoms with Gasteiger partial charge >= 0.3 is 0 Å². The molecule has 3 aromatic rings. The highest BCUT2D eigenvalue weighted by Gasteiger charge is 2.24. The number of ether oxygens (including phenoxy) is 1. The fraction of sp³-hybridized carbons (Fsp3) is 0.304. The van der Waals surface area contributed by atoms with Crippen molar-refractivity contribution in [1.82, 2.24) is 15.0 Å². The lowest BCUT2D eigenvalue weighted by Crippen LogP contribution is -2.30. The molecule has 1 amide bonds. The van der Waals surface area contributed by atoms with E-state index in [2.05, 4.69) is 20.3 Å². The van der Waals surface area contributed by atoms with Crippen molar-refractivity contribution in [2.75, 3.05) is 18.5 Å². The summed E-state index contributed by atoms with van der Waals surface area (Å²) in [4.78, 5) is 26.0. The molecule has 4 rings (SSSR count). The van der Waals surface area contributed by atoms with Crippen LogP contribution in [0, 0.1) is 11.7 Å². The molecule has 1 aromatic carbocycles. The summed E-state index contributed by atoms with van der Waals surface area (Å²) < 4.78 is 19.8. The number of nitrogens with zero attached hydrogens (tertiary/aromatic N) is 3. The topological polar surface area (TPSA) is 77.0 Å². The van der Waals surface area contributed by atoms with E-state index in [-0.39, 0.29) is 17.6 Å². The van der Waals surface area contributed by atoms with E-state index in [1.54, 1.807) is 30.5 Å². The van der Waals surface area contributed by atoms with Crippen LogP contribution in [0.4, 0.5) is 10.1 Å². The molecule has 0 saturated carbocycles. The van der Waals surface area contributed by atoms with Crippen LogP contribution in [-0.4, -0.2) is 34.1 Å². The summed E-state index contributed by atoms with van der Waals surface area (Å²) in [7, 11) is 0. The zero-order chi connectivity index (χ0) is 21.1. The van der Waals surface area contributed by atoms with Crippen LogP contribution in [0.2, 0.25) is 0 Å². The van der Waals surface area contributed by atoms with E-state index < -0.39 is 0 Å². The maximum Gasteiger partial charge on any atom is 0.258 e. The van der Waals surface area contributed by atoms with Crippen molar-refractivity contribution in [3.8, 4) is 11.1 Å². The second-order valence-electron chi connectivity index (χ2n) is 7.71. The van der Waals surface area contributed by atoms with Crippen molar-refractivity contribution in [2.24, 2.45) is 5.92 Å². The lowest BCUT2D eigenvalue weighted by atomic mass is 9.96. The van der Waals surface area contributed by atoms with Crippen LogP contribution in [0.5, 0.6) is 0 Å². The molecule has 6 nitrogen and oxygen atoms in total. The van der Waals surface area contributed by atoms with Gasteiger partial charge in [-0.15, -0.1) is 0 Å². The molecule has 154 valence electrons. The molecule has 7 heteroatoms. The van der Waals surface area contributed by atoms with Gasteiger partial charge in [0.05, 0.1) is 30.2 Å². The smallest absolute Gasteiger partial charge is 0.258 e. The van der Waals surface area contributed by atoms with Gasteiger partial charge in [0.2, 0.25) is 0 Å². The first-order chi connectivity index (χ1) is 14.5. The Bertz CT molecular complexity index is 1050. The molecule has 0 radical (unpaired) electrons. The molecule has 2 aromatic heterocycles. The number of rotatable bonds is 6. The second-order valence-corrected chi connectivity index (χ2v) is 7.71. The van der Waals surface area contributed by atoms with E-state index in [9.17, 15) is 9.18 Å². The van der Waals surface area contributed by atoms with Crippen molar-refractivity contribution in [1.29, 1.82) is 0 Å². The summed E-state index contributed by atoms with van der Waals surface area (Å²) in [5.41, 5.74) is 2.55. The fourth-order valence-electron chi connectivity index (χ4n) is 3.32. The summed E-state index contributed by atoms with van der Waals surface area (Å²) in [6.07, 6.45) is 5.31. The highest BCUT2D eigenvalue weighted by molar-refractivity contribution is 6.06. The molecule has 1 saturated heterocycles. The van der Waals surface area contributed by atoms with Gasteiger partial charge in [-0.05, 0) is 18.6 Å². The number of halogens is 1. The van der Waals surface area contributed by atoms with Gasteiger partial charge in [0.1, 0.15) is 11.6 Å². The van der Waals surface area contributed by atoms with Crippen LogP contribution in [0.25, 0.3) is 11.1 Å². The quantitative estimate of drug-likeness (QED) is 0.662. The van der Waals surface area contributed by atoms with E-state index in [4.69, 9.17) is 4.74 Å². The van der Waals surface area contributed by atoms with Crippen LogP contribution in [0.3, 0.4) is 0 Å². The van der Waals surface area contributed by atoms with Crippen LogP contribution in [-0.2, 0) is 11.2 Å². The zero-order valence-corrected chi connectivity index (χ0v) is 16.9. The van der Waals surface area contributed by atoms with Crippen LogP contribution in [0.1, 0.15) is 41.6 Å². The number of nitrogens with one attached hydrogen (secondary N) is 1. The van der Waals surface area contributed by atoms with Gasteiger partial charge in [-0.2, -0.15) is 0 Å². The molecule has 0 spiro atoms. The summed E-state index contributed by atoms with van der Waals surface area (Å²) in [6, 6.07) is 8.21. The third kappa shape index (κ3) is 4.21. The normalized spacial score (nSPS) is 13.9. The second kappa shape index (κ2) is 8.67. The van der Waals surface area contributed by atoms with E-state index in [0.29, 0.717) is 59.4 Å². The van der Waals surface area contributed by atoms with E-state index in [1.165, 1.54) is 18.5 Å². The average molecular weight is 406 g/mol. The largest absolute Gasteiger partial charge is 0.381 e. The highest BCUT2D eigenvalue weighted by Crippen LogP contribution is 2.34. The van der Waals surface area contributed by atoms with E-state index in [0.717, 1.165) is 0 Å². The van der Waals surface area contributed by atoms with Crippen molar-refractivity contribution in [3.05, 3.63) is 71.8 Å². The zero-order valence-electron chi connectivity index (χ0n) is 16.9. The van der Waals surface area contributed by atoms with E-state index >= 15 is 0 Å². The molecule has 30 heavy (non-hydrogen) atoms. The van der Waals surface area contributed by atoms with E-state index in [1.807, 2.05) is 13.8 Å². The number of anilines is 1. The number of carbonyl (C=O) groups is 1. The van der Waals surface area contributed by atoms with Crippen LogP contribution in [0.15, 0.2) is 48.9 Å². The molecule has 1 N–H and O–H groups in total. The Morgan fingerprint density at radius 3 is 2.50 bits per heavy atom. The number of hydrogen-bond acceptors (Lipinski definition) is 5. The Morgan fingerprint density at radius 1 is 1.13 bits per heavy atom. The number of pyridine rings is 1. The van der Waals surface area contributed by atoms with Gasteiger partial charge in [-0.3, -0.25) is 9.78 Å². The Labute approximate surface area is 174 Å². The lowest BCUT2D eigenvalue weighted by molar-refractivity contribution is -0.0315. The number of benzene rings is 1. The standard InChI is InChI=1S/C23H23FN4O2/c1-14(2)22-26-10-16(11-27-22)23(29)28-21-18(17-5-3-4-6-19(17)24)7-8-25-20(21)9-15-12-30-13-15/h3-8,10-11,14-15H,9,12-13H2,1-2H3,(H,28,29). The molecular weight excluding hydrogens is 383 g/mol. The van der Waals surface area contributed by atoms with Gasteiger partial charge in [-0.1, -0.05) is 32.0 Å². The first-order valence-electron chi connectivity index (χ1n) is 9.96. The first kappa shape index (κ1) is 20.1. The summed E-state index contributed by atoms with van der Waals surface area (Å²) >= 11 is 0. The monoisotopic (exact) mass is 406 g/mol. The van der Waals surface area contributed by atoms with Gasteiger partial charge in [-0.25, -0.2) is 14.4 Å². The molecule has 0 unspecified atom stereocenters. The molecular formula is C23H23FN4O2. The van der Waals surface area contributed by atoms with Crippen molar-refractivity contribution < 1.29 is 13.9 Å². The fourth-order valence-corrected chi connectivity index (χ4v) is 3.32. The first-order valence-corrected chi connectivity index (χ1v) is 9.96.